The standard InChI is InChI=1S/C20H22F3N3OS.2ClH/c1-12-15(19(13(2)28-12)20(21,22)23)11-24-8-5-9-25-18-10-17(27)14-6-3-4-7-16(14)26-18;;/h3-4,6-7,10,24H,5,8-9,11H2,1-2H3,(H2,25,26,27);2*1H. The Balaban J connectivity index is 0.00000225. The van der Waals surface area contributed by atoms with Crippen molar-refractivity contribution in [3.8, 4) is 0 Å². The highest BCUT2D eigenvalue weighted by molar-refractivity contribution is 7.12. The summed E-state index contributed by atoms with van der Waals surface area (Å²) in [6, 6.07) is 8.80. The van der Waals surface area contributed by atoms with Crippen LogP contribution in [0.4, 0.5) is 19.0 Å². The number of alkyl halides is 3. The summed E-state index contributed by atoms with van der Waals surface area (Å²) >= 11 is 1.18. The van der Waals surface area contributed by atoms with Crippen LogP contribution in [0.2, 0.25) is 0 Å². The predicted molar refractivity (Wildman–Crippen MR) is 123 cm³/mol. The molecule has 0 aliphatic heterocycles. The fourth-order valence-corrected chi connectivity index (χ4v) is 4.35. The van der Waals surface area contributed by atoms with E-state index in [1.165, 1.54) is 24.3 Å². The van der Waals surface area contributed by atoms with Gasteiger partial charge in [-0.05, 0) is 44.5 Å². The summed E-state index contributed by atoms with van der Waals surface area (Å²) in [5.74, 6) is 0.632. The molecule has 3 aromatic rings. The predicted octanol–water partition coefficient (Wildman–Crippen LogP) is 5.66. The highest BCUT2D eigenvalue weighted by Gasteiger charge is 2.37. The maximum Gasteiger partial charge on any atom is 0.417 e. The molecule has 0 bridgehead atoms. The number of nitrogens with one attached hydrogen (secondary N) is 3. The van der Waals surface area contributed by atoms with Crippen LogP contribution in [0.1, 0.15) is 27.3 Å². The zero-order valence-electron chi connectivity index (χ0n) is 16.5. The van der Waals surface area contributed by atoms with Crippen molar-refractivity contribution in [2.24, 2.45) is 0 Å². The number of halogens is 5. The summed E-state index contributed by atoms with van der Waals surface area (Å²) < 4.78 is 39.7. The quantitative estimate of drug-likeness (QED) is 0.381. The van der Waals surface area contributed by atoms with Gasteiger partial charge in [0, 0.05) is 34.3 Å². The number of aromatic nitrogens is 1. The molecule has 0 saturated carbocycles. The maximum absolute atomic E-state index is 13.2. The molecule has 166 valence electrons. The Bertz CT molecular complexity index is 1030. The Kier molecular flexibility index (Phi) is 9.68. The van der Waals surface area contributed by atoms with Crippen LogP contribution in [0, 0.1) is 13.8 Å². The summed E-state index contributed by atoms with van der Waals surface area (Å²) in [7, 11) is 0. The van der Waals surface area contributed by atoms with Gasteiger partial charge >= 0.3 is 6.18 Å². The molecule has 0 unspecified atom stereocenters. The van der Waals surface area contributed by atoms with Gasteiger partial charge in [-0.3, -0.25) is 4.79 Å². The smallest absolute Gasteiger partial charge is 0.371 e. The largest absolute Gasteiger partial charge is 0.417 e. The van der Waals surface area contributed by atoms with Gasteiger partial charge in [-0.25, -0.2) is 0 Å². The van der Waals surface area contributed by atoms with Crippen LogP contribution < -0.4 is 16.1 Å². The van der Waals surface area contributed by atoms with Gasteiger partial charge in [-0.1, -0.05) is 12.1 Å². The third kappa shape index (κ3) is 6.14. The molecule has 0 spiro atoms. The van der Waals surface area contributed by atoms with Gasteiger partial charge in [0.2, 0.25) is 0 Å². The Hall–Kier alpha value is -1.74. The van der Waals surface area contributed by atoms with Crippen LogP contribution in [0.3, 0.4) is 0 Å². The first kappa shape index (κ1) is 26.3. The lowest BCUT2D eigenvalue weighted by Gasteiger charge is -2.12. The van der Waals surface area contributed by atoms with Gasteiger partial charge in [0.05, 0.1) is 11.1 Å². The average molecular weight is 482 g/mol. The Morgan fingerprint density at radius 3 is 2.47 bits per heavy atom. The molecule has 3 N–H and O–H groups in total. The minimum Gasteiger partial charge on any atom is -0.371 e. The van der Waals surface area contributed by atoms with Crippen LogP contribution in [0.5, 0.6) is 0 Å². The molecule has 2 aromatic heterocycles. The van der Waals surface area contributed by atoms with E-state index in [0.29, 0.717) is 46.0 Å². The van der Waals surface area contributed by atoms with Crippen molar-refractivity contribution in [2.75, 3.05) is 18.4 Å². The molecule has 30 heavy (non-hydrogen) atoms. The van der Waals surface area contributed by atoms with Gasteiger partial charge < -0.3 is 15.6 Å². The molecule has 1 aromatic carbocycles. The summed E-state index contributed by atoms with van der Waals surface area (Å²) in [6.45, 7) is 4.59. The number of H-pyrrole nitrogens is 1. The fraction of sp³-hybridized carbons (Fsp3) is 0.350. The van der Waals surface area contributed by atoms with Gasteiger partial charge in [0.25, 0.3) is 0 Å². The number of aryl methyl sites for hydroxylation is 2. The molecule has 0 aliphatic rings. The van der Waals surface area contributed by atoms with E-state index in [9.17, 15) is 18.0 Å². The van der Waals surface area contributed by atoms with E-state index in [1.54, 1.807) is 13.0 Å². The Labute approximate surface area is 189 Å². The number of thiophene rings is 1. The highest BCUT2D eigenvalue weighted by atomic mass is 35.5. The second-order valence-corrected chi connectivity index (χ2v) is 8.04. The van der Waals surface area contributed by atoms with Crippen LogP contribution in [0.25, 0.3) is 10.9 Å². The van der Waals surface area contributed by atoms with Crippen molar-refractivity contribution in [3.63, 3.8) is 0 Å². The molecule has 10 heteroatoms. The molecular formula is C20H24Cl2F3N3OS. The summed E-state index contributed by atoms with van der Waals surface area (Å²) in [5, 5.41) is 6.88. The van der Waals surface area contributed by atoms with Gasteiger partial charge in [-0.15, -0.1) is 36.2 Å². The SMILES string of the molecule is Cc1sc(C)c(C(F)(F)F)c1CNCCCNc1cc(=O)c2ccccc2[nH]1.Cl.Cl. The normalized spacial score (nSPS) is 11.1. The number of fused-ring (bicyclic) bond motifs is 1. The van der Waals surface area contributed by atoms with Gasteiger partial charge in [0.15, 0.2) is 5.43 Å². The van der Waals surface area contributed by atoms with Crippen LogP contribution >= 0.6 is 36.2 Å². The number of anilines is 1. The summed E-state index contributed by atoms with van der Waals surface area (Å²) in [6.07, 6.45) is -3.62. The highest BCUT2D eigenvalue weighted by Crippen LogP contribution is 2.40. The molecule has 3 rings (SSSR count). The van der Waals surface area contributed by atoms with Crippen molar-refractivity contribution in [3.05, 3.63) is 61.4 Å². The fourth-order valence-electron chi connectivity index (χ4n) is 3.26. The second-order valence-electron chi connectivity index (χ2n) is 6.62. The Morgan fingerprint density at radius 1 is 1.07 bits per heavy atom. The first-order valence-electron chi connectivity index (χ1n) is 9.00. The van der Waals surface area contributed by atoms with E-state index in [1.807, 2.05) is 18.2 Å². The van der Waals surface area contributed by atoms with Crippen LogP contribution in [0.15, 0.2) is 35.1 Å². The number of aromatic amines is 1. The van der Waals surface area contributed by atoms with Crippen LogP contribution in [-0.4, -0.2) is 18.1 Å². The number of rotatable bonds is 7. The molecule has 0 saturated heterocycles. The van der Waals surface area contributed by atoms with Crippen molar-refractivity contribution < 1.29 is 13.2 Å². The molecular weight excluding hydrogens is 458 g/mol. The molecule has 4 nitrogen and oxygen atoms in total. The lowest BCUT2D eigenvalue weighted by molar-refractivity contribution is -0.138. The van der Waals surface area contributed by atoms with E-state index < -0.39 is 11.7 Å². The molecule has 0 amide bonds. The molecule has 0 radical (unpaired) electrons. The molecule has 2 heterocycles. The molecule has 0 atom stereocenters. The first-order chi connectivity index (χ1) is 13.3. The average Bonchev–Trinajstić information content (AvgIpc) is 2.91. The van der Waals surface area contributed by atoms with Crippen molar-refractivity contribution in [1.82, 2.24) is 10.3 Å². The topological polar surface area (TPSA) is 56.9 Å². The summed E-state index contributed by atoms with van der Waals surface area (Å²) in [5.41, 5.74) is 0.535. The zero-order valence-corrected chi connectivity index (χ0v) is 18.9. The molecule has 0 aliphatic carbocycles. The summed E-state index contributed by atoms with van der Waals surface area (Å²) in [4.78, 5) is 16.2. The van der Waals surface area contributed by atoms with Crippen molar-refractivity contribution in [2.45, 2.75) is 33.0 Å². The van der Waals surface area contributed by atoms with Gasteiger partial charge in [-0.2, -0.15) is 13.2 Å². The Morgan fingerprint density at radius 2 is 1.77 bits per heavy atom. The third-order valence-corrected chi connectivity index (χ3v) is 5.62. The van der Waals surface area contributed by atoms with E-state index >= 15 is 0 Å². The number of pyridine rings is 1. The lowest BCUT2D eigenvalue weighted by atomic mass is 10.1. The van der Waals surface area contributed by atoms with Crippen molar-refractivity contribution in [1.29, 1.82) is 0 Å². The van der Waals surface area contributed by atoms with E-state index in [2.05, 4.69) is 15.6 Å². The lowest BCUT2D eigenvalue weighted by Crippen LogP contribution is -2.20. The zero-order chi connectivity index (χ0) is 20.3. The van der Waals surface area contributed by atoms with E-state index in [-0.39, 0.29) is 36.8 Å². The molecule has 0 fully saturated rings. The first-order valence-corrected chi connectivity index (χ1v) is 9.81. The second kappa shape index (κ2) is 11.0. The number of hydrogen-bond donors (Lipinski definition) is 3. The van der Waals surface area contributed by atoms with Crippen LogP contribution in [-0.2, 0) is 12.7 Å². The van der Waals surface area contributed by atoms with E-state index in [4.69, 9.17) is 0 Å². The van der Waals surface area contributed by atoms with Gasteiger partial charge in [0.1, 0.15) is 5.82 Å². The minimum atomic E-state index is -4.32. The monoisotopic (exact) mass is 481 g/mol. The minimum absolute atomic E-state index is 0. The number of benzene rings is 1. The number of para-hydroxylation sites is 1. The third-order valence-electron chi connectivity index (χ3n) is 4.55. The number of hydrogen-bond acceptors (Lipinski definition) is 4. The van der Waals surface area contributed by atoms with E-state index in [0.717, 1.165) is 5.52 Å². The maximum atomic E-state index is 13.2. The van der Waals surface area contributed by atoms with Crippen molar-refractivity contribution >= 4 is 52.9 Å².